The van der Waals surface area contributed by atoms with Gasteiger partial charge >= 0.3 is 0 Å². The lowest BCUT2D eigenvalue weighted by molar-refractivity contribution is 0.439. The molecule has 0 amide bonds. The molecule has 15 heavy (non-hydrogen) atoms. The predicted molar refractivity (Wildman–Crippen MR) is 69.7 cm³/mol. The molecule has 0 radical (unpaired) electrons. The minimum absolute atomic E-state index is 0.838. The molecule has 0 saturated heterocycles. The third kappa shape index (κ3) is 9.60. The monoisotopic (exact) mass is 206 g/mol. The van der Waals surface area contributed by atoms with Gasteiger partial charge in [0.2, 0.25) is 0 Å². The van der Waals surface area contributed by atoms with Crippen molar-refractivity contribution in [1.29, 1.82) is 0 Å². The topological polar surface area (TPSA) is 0 Å². The van der Waals surface area contributed by atoms with E-state index in [4.69, 9.17) is 6.42 Å². The van der Waals surface area contributed by atoms with Gasteiger partial charge in [0.1, 0.15) is 0 Å². The summed E-state index contributed by atoms with van der Waals surface area (Å²) in [4.78, 5) is 0. The van der Waals surface area contributed by atoms with Crippen molar-refractivity contribution in [1.82, 2.24) is 0 Å². The fraction of sp³-hybridized carbons (Fsp3) is 0.733. The second-order valence-corrected chi connectivity index (χ2v) is 5.04. The minimum atomic E-state index is 0.838. The summed E-state index contributed by atoms with van der Waals surface area (Å²) in [6, 6.07) is 0. The predicted octanol–water partition coefficient (Wildman–Crippen LogP) is 4.81. The molecule has 0 aromatic heterocycles. The van der Waals surface area contributed by atoms with Gasteiger partial charge in [-0.1, -0.05) is 52.0 Å². The second-order valence-electron chi connectivity index (χ2n) is 5.04. The van der Waals surface area contributed by atoms with Crippen molar-refractivity contribution in [2.45, 2.75) is 59.8 Å². The lowest BCUT2D eigenvalue weighted by Crippen LogP contribution is -1.96. The quantitative estimate of drug-likeness (QED) is 0.524. The molecular weight excluding hydrogens is 180 g/mol. The number of terminal acetylenes is 1. The van der Waals surface area contributed by atoms with Crippen LogP contribution in [0.4, 0.5) is 0 Å². The van der Waals surface area contributed by atoms with Crippen LogP contribution in [-0.2, 0) is 0 Å². The zero-order valence-electron chi connectivity index (χ0n) is 10.8. The maximum absolute atomic E-state index is 5.28. The molecule has 1 unspecified atom stereocenters. The molecule has 0 aliphatic rings. The van der Waals surface area contributed by atoms with Crippen LogP contribution < -0.4 is 0 Å². The smallest absolute Gasteiger partial charge is 0.00533 e. The van der Waals surface area contributed by atoms with Gasteiger partial charge in [-0.3, -0.25) is 0 Å². The Kier molecular flexibility index (Phi) is 8.19. The standard InChI is InChI=1S/C15H26/c1-6-14(4)10-8-12-15(5)11-7-9-13(2)3/h1,10,13,15H,7-9,11-12H2,2-5H3/b14-10+. The number of hydrogen-bond donors (Lipinski definition) is 0. The highest BCUT2D eigenvalue weighted by Gasteiger charge is 2.02. The van der Waals surface area contributed by atoms with Gasteiger partial charge in [-0.05, 0) is 37.2 Å². The van der Waals surface area contributed by atoms with Crippen LogP contribution in [0, 0.1) is 24.2 Å². The Balaban J connectivity index is 3.50. The van der Waals surface area contributed by atoms with Crippen molar-refractivity contribution < 1.29 is 0 Å². The van der Waals surface area contributed by atoms with Gasteiger partial charge in [-0.2, -0.15) is 0 Å². The largest absolute Gasteiger partial charge is 0.115 e. The summed E-state index contributed by atoms with van der Waals surface area (Å²) >= 11 is 0. The molecule has 0 spiro atoms. The van der Waals surface area contributed by atoms with Crippen molar-refractivity contribution in [2.24, 2.45) is 11.8 Å². The SMILES string of the molecule is C#C/C(C)=C/CCC(C)CCCC(C)C. The first-order chi connectivity index (χ1) is 7.06. The zero-order chi connectivity index (χ0) is 11.7. The van der Waals surface area contributed by atoms with Crippen molar-refractivity contribution in [3.05, 3.63) is 11.6 Å². The molecule has 0 aliphatic carbocycles. The summed E-state index contributed by atoms with van der Waals surface area (Å²) < 4.78 is 0. The van der Waals surface area contributed by atoms with E-state index in [1.165, 1.54) is 25.7 Å². The van der Waals surface area contributed by atoms with Gasteiger partial charge in [0.25, 0.3) is 0 Å². The second kappa shape index (κ2) is 8.60. The molecule has 0 aromatic rings. The highest BCUT2D eigenvalue weighted by Crippen LogP contribution is 2.17. The average Bonchev–Trinajstić information content (AvgIpc) is 2.17. The molecule has 0 aliphatic heterocycles. The maximum Gasteiger partial charge on any atom is -0.00533 e. The van der Waals surface area contributed by atoms with E-state index in [1.807, 2.05) is 6.92 Å². The Bertz CT molecular complexity index is 215. The van der Waals surface area contributed by atoms with E-state index in [1.54, 1.807) is 0 Å². The first-order valence-corrected chi connectivity index (χ1v) is 6.19. The van der Waals surface area contributed by atoms with Gasteiger partial charge in [-0.25, -0.2) is 0 Å². The highest BCUT2D eigenvalue weighted by atomic mass is 14.1. The molecule has 0 saturated carbocycles. The van der Waals surface area contributed by atoms with Crippen molar-refractivity contribution in [3.63, 3.8) is 0 Å². The van der Waals surface area contributed by atoms with Crippen LogP contribution in [0.2, 0.25) is 0 Å². The lowest BCUT2D eigenvalue weighted by atomic mass is 9.96. The van der Waals surface area contributed by atoms with Crippen molar-refractivity contribution in [2.75, 3.05) is 0 Å². The van der Waals surface area contributed by atoms with Gasteiger partial charge in [0.05, 0.1) is 0 Å². The summed E-state index contributed by atoms with van der Waals surface area (Å²) in [5, 5.41) is 0. The molecule has 0 heterocycles. The molecule has 1 atom stereocenters. The van der Waals surface area contributed by atoms with E-state index in [0.29, 0.717) is 0 Å². The molecule has 0 fully saturated rings. The Morgan fingerprint density at radius 3 is 2.40 bits per heavy atom. The van der Waals surface area contributed by atoms with Crippen LogP contribution in [0.15, 0.2) is 11.6 Å². The van der Waals surface area contributed by atoms with Crippen molar-refractivity contribution in [3.8, 4) is 12.3 Å². The van der Waals surface area contributed by atoms with Gasteiger partial charge in [0, 0.05) is 0 Å². The third-order valence-corrected chi connectivity index (χ3v) is 2.82. The Morgan fingerprint density at radius 1 is 1.20 bits per heavy atom. The number of rotatable bonds is 7. The molecule has 0 nitrogen and oxygen atoms in total. The molecular formula is C15H26. The summed E-state index contributed by atoms with van der Waals surface area (Å²) in [7, 11) is 0. The summed E-state index contributed by atoms with van der Waals surface area (Å²) in [6.45, 7) is 8.94. The average molecular weight is 206 g/mol. The Morgan fingerprint density at radius 2 is 1.87 bits per heavy atom. The maximum atomic E-state index is 5.28. The van der Waals surface area contributed by atoms with Crippen LogP contribution in [0.3, 0.4) is 0 Å². The Hall–Kier alpha value is -0.700. The van der Waals surface area contributed by atoms with Crippen LogP contribution in [0.25, 0.3) is 0 Å². The van der Waals surface area contributed by atoms with Gasteiger partial charge in [-0.15, -0.1) is 6.42 Å². The van der Waals surface area contributed by atoms with E-state index in [-0.39, 0.29) is 0 Å². The van der Waals surface area contributed by atoms with Crippen LogP contribution >= 0.6 is 0 Å². The van der Waals surface area contributed by atoms with E-state index < -0.39 is 0 Å². The number of hydrogen-bond acceptors (Lipinski definition) is 0. The third-order valence-electron chi connectivity index (χ3n) is 2.82. The zero-order valence-corrected chi connectivity index (χ0v) is 10.8. The first kappa shape index (κ1) is 14.3. The number of allylic oxidation sites excluding steroid dienone is 2. The Labute approximate surface area is 96.2 Å². The van der Waals surface area contributed by atoms with Crippen molar-refractivity contribution >= 4 is 0 Å². The van der Waals surface area contributed by atoms with E-state index in [2.05, 4.69) is 32.8 Å². The molecule has 86 valence electrons. The van der Waals surface area contributed by atoms with E-state index in [9.17, 15) is 0 Å². The summed E-state index contributed by atoms with van der Waals surface area (Å²) in [5.74, 6) is 4.34. The molecule has 0 bridgehead atoms. The van der Waals surface area contributed by atoms with Crippen LogP contribution in [0.1, 0.15) is 59.8 Å². The van der Waals surface area contributed by atoms with Crippen LogP contribution in [0.5, 0.6) is 0 Å². The minimum Gasteiger partial charge on any atom is -0.115 e. The highest BCUT2D eigenvalue weighted by molar-refractivity contribution is 5.22. The lowest BCUT2D eigenvalue weighted by Gasteiger charge is -2.10. The molecule has 0 aromatic carbocycles. The van der Waals surface area contributed by atoms with Gasteiger partial charge in [0.15, 0.2) is 0 Å². The van der Waals surface area contributed by atoms with Gasteiger partial charge < -0.3 is 0 Å². The van der Waals surface area contributed by atoms with E-state index >= 15 is 0 Å². The fourth-order valence-electron chi connectivity index (χ4n) is 1.66. The van der Waals surface area contributed by atoms with E-state index in [0.717, 1.165) is 23.8 Å². The summed E-state index contributed by atoms with van der Waals surface area (Å²) in [5.41, 5.74) is 1.07. The molecule has 0 heteroatoms. The normalized spacial score (nSPS) is 14.0. The molecule has 0 rings (SSSR count). The van der Waals surface area contributed by atoms with Crippen LogP contribution in [-0.4, -0.2) is 0 Å². The first-order valence-electron chi connectivity index (χ1n) is 6.19. The fourth-order valence-corrected chi connectivity index (χ4v) is 1.66. The summed E-state index contributed by atoms with van der Waals surface area (Å²) in [6.07, 6.45) is 14.0. The molecule has 0 N–H and O–H groups in total.